The summed E-state index contributed by atoms with van der Waals surface area (Å²) in [4.78, 5) is 24.8. The van der Waals surface area contributed by atoms with E-state index in [0.29, 0.717) is 11.1 Å². The molecule has 1 atom stereocenters. The number of hydrogen-bond donors (Lipinski definition) is 1. The standard InChI is InChI=1S/C10H15BrN2O3/c1-3-4-5-16-7(2)13-6-8(11)9(14)12-10(13)15/h6-7H,3-5H2,1-2H3,(H,12,14,15)/t7-/m1/s1. The maximum absolute atomic E-state index is 11.5. The van der Waals surface area contributed by atoms with Gasteiger partial charge in [-0.2, -0.15) is 0 Å². The lowest BCUT2D eigenvalue weighted by molar-refractivity contribution is 0.0113. The molecule has 1 heterocycles. The first kappa shape index (κ1) is 13.2. The highest BCUT2D eigenvalue weighted by molar-refractivity contribution is 9.10. The van der Waals surface area contributed by atoms with Crippen LogP contribution in [0.2, 0.25) is 0 Å². The molecular weight excluding hydrogens is 276 g/mol. The van der Waals surface area contributed by atoms with E-state index in [4.69, 9.17) is 4.74 Å². The Kier molecular flexibility index (Phi) is 4.95. The molecule has 0 radical (unpaired) electrons. The fraction of sp³-hybridized carbons (Fsp3) is 0.600. The molecule has 6 heteroatoms. The lowest BCUT2D eigenvalue weighted by atomic mass is 10.4. The zero-order valence-corrected chi connectivity index (χ0v) is 10.9. The van der Waals surface area contributed by atoms with Gasteiger partial charge in [0.1, 0.15) is 6.23 Å². The molecule has 90 valence electrons. The molecule has 0 saturated heterocycles. The van der Waals surface area contributed by atoms with Crippen molar-refractivity contribution in [1.82, 2.24) is 9.55 Å². The first-order valence-corrected chi connectivity index (χ1v) is 5.98. The minimum absolute atomic E-state index is 0.318. The maximum Gasteiger partial charge on any atom is 0.330 e. The predicted octanol–water partition coefficient (Wildman–Crippen LogP) is 1.63. The summed E-state index contributed by atoms with van der Waals surface area (Å²) >= 11 is 3.07. The summed E-state index contributed by atoms with van der Waals surface area (Å²) in [7, 11) is 0. The number of unbranched alkanes of at least 4 members (excludes halogenated alkanes) is 1. The predicted molar refractivity (Wildman–Crippen MR) is 64.6 cm³/mol. The number of rotatable bonds is 5. The second kappa shape index (κ2) is 6.00. The number of aromatic amines is 1. The van der Waals surface area contributed by atoms with E-state index in [0.717, 1.165) is 12.8 Å². The van der Waals surface area contributed by atoms with E-state index in [1.807, 2.05) is 0 Å². The molecule has 0 unspecified atom stereocenters. The van der Waals surface area contributed by atoms with Crippen LogP contribution in [-0.2, 0) is 4.74 Å². The summed E-state index contributed by atoms with van der Waals surface area (Å²) in [6.45, 7) is 4.43. The van der Waals surface area contributed by atoms with Crippen molar-refractivity contribution in [2.75, 3.05) is 6.61 Å². The first-order chi connectivity index (χ1) is 7.56. The summed E-state index contributed by atoms with van der Waals surface area (Å²) in [5, 5.41) is 0. The van der Waals surface area contributed by atoms with Crippen molar-refractivity contribution < 1.29 is 4.74 Å². The fourth-order valence-electron chi connectivity index (χ4n) is 1.21. The third-order valence-corrected chi connectivity index (χ3v) is 2.74. The van der Waals surface area contributed by atoms with Crippen molar-refractivity contribution in [3.8, 4) is 0 Å². The molecule has 5 nitrogen and oxygen atoms in total. The largest absolute Gasteiger partial charge is 0.358 e. The molecule has 0 spiro atoms. The van der Waals surface area contributed by atoms with Gasteiger partial charge in [-0.25, -0.2) is 4.79 Å². The van der Waals surface area contributed by atoms with Crippen LogP contribution in [0.3, 0.4) is 0 Å². The molecule has 16 heavy (non-hydrogen) atoms. The normalized spacial score (nSPS) is 12.7. The summed E-state index contributed by atoms with van der Waals surface area (Å²) in [5.74, 6) is 0. The van der Waals surface area contributed by atoms with Gasteiger partial charge in [-0.3, -0.25) is 14.3 Å². The van der Waals surface area contributed by atoms with E-state index in [1.165, 1.54) is 10.8 Å². The Bertz CT molecular complexity index is 452. The van der Waals surface area contributed by atoms with Gasteiger partial charge in [0.25, 0.3) is 5.56 Å². The molecule has 0 bridgehead atoms. The molecule has 0 amide bonds. The van der Waals surface area contributed by atoms with Crippen molar-refractivity contribution >= 4 is 15.9 Å². The van der Waals surface area contributed by atoms with Gasteiger partial charge in [0.15, 0.2) is 0 Å². The second-order valence-electron chi connectivity index (χ2n) is 3.47. The molecule has 0 aliphatic rings. The average Bonchev–Trinajstić information content (AvgIpc) is 2.23. The lowest BCUT2D eigenvalue weighted by Crippen LogP contribution is -2.32. The Balaban J connectivity index is 2.83. The molecule has 0 fully saturated rings. The second-order valence-corrected chi connectivity index (χ2v) is 4.32. The number of halogens is 1. The molecule has 0 aliphatic carbocycles. The number of nitrogens with zero attached hydrogens (tertiary/aromatic N) is 1. The van der Waals surface area contributed by atoms with Crippen LogP contribution in [0, 0.1) is 0 Å². The number of nitrogens with one attached hydrogen (secondary N) is 1. The molecule has 1 N–H and O–H groups in total. The highest BCUT2D eigenvalue weighted by Crippen LogP contribution is 2.07. The average molecular weight is 291 g/mol. The highest BCUT2D eigenvalue weighted by Gasteiger charge is 2.08. The summed E-state index contributed by atoms with van der Waals surface area (Å²) < 4.78 is 7.13. The number of H-pyrrole nitrogens is 1. The highest BCUT2D eigenvalue weighted by atomic mass is 79.9. The van der Waals surface area contributed by atoms with Gasteiger partial charge in [0.2, 0.25) is 0 Å². The van der Waals surface area contributed by atoms with E-state index in [1.54, 1.807) is 6.92 Å². The first-order valence-electron chi connectivity index (χ1n) is 5.18. The van der Waals surface area contributed by atoms with Crippen LogP contribution in [-0.4, -0.2) is 16.2 Å². The van der Waals surface area contributed by atoms with Crippen LogP contribution < -0.4 is 11.2 Å². The monoisotopic (exact) mass is 290 g/mol. The Morgan fingerprint density at radius 3 is 2.88 bits per heavy atom. The summed E-state index contributed by atoms with van der Waals surface area (Å²) in [6.07, 6.45) is 3.05. The molecule has 0 saturated carbocycles. The third-order valence-electron chi connectivity index (χ3n) is 2.17. The van der Waals surface area contributed by atoms with Crippen LogP contribution in [0.5, 0.6) is 0 Å². The van der Waals surface area contributed by atoms with Gasteiger partial charge in [0.05, 0.1) is 4.47 Å². The summed E-state index contributed by atoms with van der Waals surface area (Å²) in [5.41, 5.74) is -0.890. The topological polar surface area (TPSA) is 64.1 Å². The lowest BCUT2D eigenvalue weighted by Gasteiger charge is -2.15. The third kappa shape index (κ3) is 3.31. The van der Waals surface area contributed by atoms with Gasteiger partial charge in [-0.15, -0.1) is 0 Å². The van der Waals surface area contributed by atoms with Gasteiger partial charge in [-0.1, -0.05) is 13.3 Å². The molecular formula is C10H15BrN2O3. The Morgan fingerprint density at radius 2 is 2.25 bits per heavy atom. The number of ether oxygens (including phenoxy) is 1. The van der Waals surface area contributed by atoms with E-state index >= 15 is 0 Å². The molecule has 1 aromatic rings. The van der Waals surface area contributed by atoms with E-state index < -0.39 is 11.2 Å². The van der Waals surface area contributed by atoms with Crippen molar-refractivity contribution in [3.63, 3.8) is 0 Å². The minimum atomic E-state index is -0.461. The zero-order chi connectivity index (χ0) is 12.1. The SMILES string of the molecule is CCCCO[C@H](C)n1cc(Br)c(=O)[nH]c1=O. The van der Waals surface area contributed by atoms with Crippen LogP contribution in [0.1, 0.15) is 32.9 Å². The minimum Gasteiger partial charge on any atom is -0.358 e. The number of hydrogen-bond acceptors (Lipinski definition) is 3. The van der Waals surface area contributed by atoms with Crippen LogP contribution in [0.15, 0.2) is 20.3 Å². The molecule has 1 rings (SSSR count). The van der Waals surface area contributed by atoms with Crippen molar-refractivity contribution in [2.45, 2.75) is 32.9 Å². The smallest absolute Gasteiger partial charge is 0.330 e. The molecule has 1 aromatic heterocycles. The Morgan fingerprint density at radius 1 is 1.56 bits per heavy atom. The van der Waals surface area contributed by atoms with Crippen LogP contribution >= 0.6 is 15.9 Å². The Labute approximate surface area is 102 Å². The van der Waals surface area contributed by atoms with Crippen LogP contribution in [0.4, 0.5) is 0 Å². The van der Waals surface area contributed by atoms with Crippen molar-refractivity contribution in [1.29, 1.82) is 0 Å². The van der Waals surface area contributed by atoms with Gasteiger partial charge >= 0.3 is 5.69 Å². The van der Waals surface area contributed by atoms with E-state index in [9.17, 15) is 9.59 Å². The van der Waals surface area contributed by atoms with E-state index in [2.05, 4.69) is 27.8 Å². The number of aromatic nitrogens is 2. The van der Waals surface area contributed by atoms with Crippen LogP contribution in [0.25, 0.3) is 0 Å². The quantitative estimate of drug-likeness (QED) is 0.839. The fourth-order valence-corrected chi connectivity index (χ4v) is 1.53. The van der Waals surface area contributed by atoms with Crippen molar-refractivity contribution in [2.24, 2.45) is 0 Å². The van der Waals surface area contributed by atoms with Gasteiger partial charge in [0, 0.05) is 12.8 Å². The zero-order valence-electron chi connectivity index (χ0n) is 9.33. The Hall–Kier alpha value is -0.880. The van der Waals surface area contributed by atoms with Gasteiger partial charge < -0.3 is 4.74 Å². The molecule has 0 aromatic carbocycles. The molecule has 0 aliphatic heterocycles. The maximum atomic E-state index is 11.5. The van der Waals surface area contributed by atoms with E-state index in [-0.39, 0.29) is 6.23 Å². The van der Waals surface area contributed by atoms with Gasteiger partial charge in [-0.05, 0) is 29.3 Å². The van der Waals surface area contributed by atoms with Crippen molar-refractivity contribution in [3.05, 3.63) is 31.5 Å². The summed E-state index contributed by atoms with van der Waals surface area (Å²) in [6, 6.07) is 0.